The minimum Gasteiger partial charge on any atom is -0.489 e. The Morgan fingerprint density at radius 2 is 1.58 bits per heavy atom. The molecule has 2 aromatic carbocycles. The summed E-state index contributed by atoms with van der Waals surface area (Å²) in [5.74, 6) is 1.63. The molecule has 0 saturated heterocycles. The zero-order chi connectivity index (χ0) is 17.8. The van der Waals surface area contributed by atoms with Crippen molar-refractivity contribution in [2.45, 2.75) is 62.8 Å². The van der Waals surface area contributed by atoms with Crippen LogP contribution in [0.15, 0.2) is 54.6 Å². The van der Waals surface area contributed by atoms with Crippen LogP contribution in [0.4, 0.5) is 0 Å². The van der Waals surface area contributed by atoms with Gasteiger partial charge in [-0.25, -0.2) is 0 Å². The molecule has 0 aliphatic heterocycles. The molecule has 0 unspecified atom stereocenters. The van der Waals surface area contributed by atoms with Crippen LogP contribution in [0.2, 0.25) is 0 Å². The molecule has 26 heavy (non-hydrogen) atoms. The van der Waals surface area contributed by atoms with Crippen molar-refractivity contribution < 1.29 is 4.74 Å². The normalized spacial score (nSPS) is 27.9. The average molecular weight is 351 g/mol. The summed E-state index contributed by atoms with van der Waals surface area (Å²) < 4.78 is 5.89. The van der Waals surface area contributed by atoms with Crippen molar-refractivity contribution in [3.63, 3.8) is 0 Å². The number of rotatable bonds is 7. The van der Waals surface area contributed by atoms with Crippen LogP contribution < -0.4 is 15.4 Å². The summed E-state index contributed by atoms with van der Waals surface area (Å²) in [5.41, 5.74) is 2.65. The molecule has 2 aliphatic rings. The highest BCUT2D eigenvalue weighted by Gasteiger charge is 2.39. The lowest BCUT2D eigenvalue weighted by Crippen LogP contribution is -2.39. The molecular formula is C23H30N2O. The van der Waals surface area contributed by atoms with Crippen molar-refractivity contribution in [3.05, 3.63) is 65.7 Å². The van der Waals surface area contributed by atoms with E-state index in [1.807, 2.05) is 18.2 Å². The minimum atomic E-state index is 0.628. The second-order valence-corrected chi connectivity index (χ2v) is 7.80. The monoisotopic (exact) mass is 350 g/mol. The maximum absolute atomic E-state index is 5.89. The molecule has 4 rings (SSSR count). The van der Waals surface area contributed by atoms with E-state index in [9.17, 15) is 0 Å². The number of ether oxygens (including phenoxy) is 1. The van der Waals surface area contributed by atoms with Crippen LogP contribution in [0.3, 0.4) is 0 Å². The first-order valence-corrected chi connectivity index (χ1v) is 10.0. The molecule has 2 fully saturated rings. The zero-order valence-corrected chi connectivity index (χ0v) is 15.7. The van der Waals surface area contributed by atoms with E-state index in [0.29, 0.717) is 24.6 Å². The molecule has 0 amide bonds. The number of hydrogen-bond donors (Lipinski definition) is 2. The van der Waals surface area contributed by atoms with Gasteiger partial charge in [-0.3, -0.25) is 0 Å². The van der Waals surface area contributed by atoms with Crippen molar-refractivity contribution >= 4 is 0 Å². The van der Waals surface area contributed by atoms with Crippen LogP contribution in [0.25, 0.3) is 0 Å². The Morgan fingerprint density at radius 1 is 0.885 bits per heavy atom. The first-order valence-electron chi connectivity index (χ1n) is 10.0. The van der Waals surface area contributed by atoms with Crippen LogP contribution in [-0.2, 0) is 6.61 Å². The Bertz CT molecular complexity index is 677. The summed E-state index contributed by atoms with van der Waals surface area (Å²) in [7, 11) is 2.09. The number of nitrogens with one attached hydrogen (secondary N) is 2. The van der Waals surface area contributed by atoms with E-state index in [-0.39, 0.29) is 0 Å². The Balaban J connectivity index is 1.23. The molecule has 3 nitrogen and oxygen atoms in total. The Kier molecular flexibility index (Phi) is 5.57. The van der Waals surface area contributed by atoms with Gasteiger partial charge in [0.05, 0.1) is 0 Å². The summed E-state index contributed by atoms with van der Waals surface area (Å²) in [6, 6.07) is 21.1. The predicted molar refractivity (Wildman–Crippen MR) is 107 cm³/mol. The van der Waals surface area contributed by atoms with Gasteiger partial charge >= 0.3 is 0 Å². The van der Waals surface area contributed by atoms with E-state index in [1.54, 1.807) is 0 Å². The first-order chi connectivity index (χ1) is 12.8. The Labute approximate surface area is 157 Å². The fraction of sp³-hybridized carbons (Fsp3) is 0.478. The lowest BCUT2D eigenvalue weighted by Gasteiger charge is -2.29. The average Bonchev–Trinajstić information content (AvgIpc) is 3.47. The van der Waals surface area contributed by atoms with Gasteiger partial charge in [0.25, 0.3) is 0 Å². The molecule has 0 bridgehead atoms. The van der Waals surface area contributed by atoms with E-state index in [4.69, 9.17) is 4.74 Å². The fourth-order valence-electron chi connectivity index (χ4n) is 4.15. The summed E-state index contributed by atoms with van der Waals surface area (Å²) in [6.07, 6.45) is 6.50. The van der Waals surface area contributed by atoms with Gasteiger partial charge < -0.3 is 15.4 Å². The molecule has 138 valence electrons. The second kappa shape index (κ2) is 8.24. The highest BCUT2D eigenvalue weighted by atomic mass is 16.5. The van der Waals surface area contributed by atoms with E-state index in [2.05, 4.69) is 54.1 Å². The van der Waals surface area contributed by atoms with Crippen LogP contribution in [0, 0.1) is 0 Å². The lowest BCUT2D eigenvalue weighted by molar-refractivity contribution is 0.306. The highest BCUT2D eigenvalue weighted by molar-refractivity contribution is 5.34. The van der Waals surface area contributed by atoms with Crippen LogP contribution >= 0.6 is 0 Å². The van der Waals surface area contributed by atoms with E-state index in [0.717, 1.165) is 11.8 Å². The van der Waals surface area contributed by atoms with Gasteiger partial charge in [0.1, 0.15) is 12.4 Å². The van der Waals surface area contributed by atoms with Crippen molar-refractivity contribution in [2.24, 2.45) is 0 Å². The molecule has 2 aliphatic carbocycles. The highest BCUT2D eigenvalue weighted by Crippen LogP contribution is 2.42. The summed E-state index contributed by atoms with van der Waals surface area (Å²) in [4.78, 5) is 0. The molecule has 0 spiro atoms. The standard InChI is InChI=1S/C23H30N2O/c1-24-19-9-11-20(12-10-19)25-23-15-22(23)18-7-13-21(14-8-18)26-16-17-5-3-2-4-6-17/h2-8,13-14,19-20,22-25H,9-12,15-16H2,1H3/t19?,20?,22-,23+/m0/s1. The molecule has 2 N–H and O–H groups in total. The second-order valence-electron chi connectivity index (χ2n) is 7.80. The molecule has 0 radical (unpaired) electrons. The molecule has 2 saturated carbocycles. The van der Waals surface area contributed by atoms with Crippen LogP contribution in [0.5, 0.6) is 5.75 Å². The van der Waals surface area contributed by atoms with Gasteiger partial charge in [-0.05, 0) is 62.4 Å². The van der Waals surface area contributed by atoms with Crippen molar-refractivity contribution in [3.8, 4) is 5.75 Å². The number of hydrogen-bond acceptors (Lipinski definition) is 3. The largest absolute Gasteiger partial charge is 0.489 e. The van der Waals surface area contributed by atoms with Gasteiger partial charge in [-0.1, -0.05) is 42.5 Å². The zero-order valence-electron chi connectivity index (χ0n) is 15.7. The molecule has 3 heteroatoms. The van der Waals surface area contributed by atoms with Crippen LogP contribution in [0.1, 0.15) is 49.1 Å². The quantitative estimate of drug-likeness (QED) is 0.783. The molecule has 0 heterocycles. The lowest BCUT2D eigenvalue weighted by atomic mass is 9.91. The molecule has 0 aromatic heterocycles. The topological polar surface area (TPSA) is 33.3 Å². The minimum absolute atomic E-state index is 0.628. The predicted octanol–water partition coefficient (Wildman–Crippen LogP) is 4.24. The Morgan fingerprint density at radius 3 is 2.27 bits per heavy atom. The van der Waals surface area contributed by atoms with Gasteiger partial charge in [-0.15, -0.1) is 0 Å². The van der Waals surface area contributed by atoms with Gasteiger partial charge in [0, 0.05) is 24.0 Å². The third-order valence-corrected chi connectivity index (χ3v) is 5.93. The molecular weight excluding hydrogens is 320 g/mol. The van der Waals surface area contributed by atoms with Crippen molar-refractivity contribution in [1.29, 1.82) is 0 Å². The molecule has 2 aromatic rings. The summed E-state index contributed by atoms with van der Waals surface area (Å²) in [5, 5.41) is 7.30. The fourth-order valence-corrected chi connectivity index (χ4v) is 4.15. The maximum Gasteiger partial charge on any atom is 0.119 e. The first kappa shape index (κ1) is 17.6. The summed E-state index contributed by atoms with van der Waals surface area (Å²) in [6.45, 7) is 0.628. The third-order valence-electron chi connectivity index (χ3n) is 5.93. The van der Waals surface area contributed by atoms with Gasteiger partial charge in [0.15, 0.2) is 0 Å². The third kappa shape index (κ3) is 4.46. The van der Waals surface area contributed by atoms with Crippen LogP contribution in [-0.4, -0.2) is 25.2 Å². The van der Waals surface area contributed by atoms with Gasteiger partial charge in [0.2, 0.25) is 0 Å². The van der Waals surface area contributed by atoms with Crippen molar-refractivity contribution in [1.82, 2.24) is 10.6 Å². The Hall–Kier alpha value is -1.84. The van der Waals surface area contributed by atoms with E-state index >= 15 is 0 Å². The van der Waals surface area contributed by atoms with E-state index in [1.165, 1.54) is 43.2 Å². The maximum atomic E-state index is 5.89. The van der Waals surface area contributed by atoms with Gasteiger partial charge in [-0.2, -0.15) is 0 Å². The molecule has 2 atom stereocenters. The number of benzene rings is 2. The summed E-state index contributed by atoms with van der Waals surface area (Å²) >= 11 is 0. The smallest absolute Gasteiger partial charge is 0.119 e. The van der Waals surface area contributed by atoms with E-state index < -0.39 is 0 Å². The van der Waals surface area contributed by atoms with Crippen molar-refractivity contribution in [2.75, 3.05) is 7.05 Å². The SMILES string of the molecule is CNC1CCC(N[C@@H]2C[C@H]2c2ccc(OCc3ccccc3)cc2)CC1.